The molecule has 3 unspecified atom stereocenters. The van der Waals surface area contributed by atoms with Crippen molar-refractivity contribution < 1.29 is 8.42 Å². The Balaban J connectivity index is 2.58. The van der Waals surface area contributed by atoms with E-state index in [1.807, 2.05) is 0 Å². The lowest BCUT2D eigenvalue weighted by molar-refractivity contribution is 0.301. The first-order chi connectivity index (χ1) is 7.49. The van der Waals surface area contributed by atoms with Gasteiger partial charge in [-0.05, 0) is 25.7 Å². The minimum atomic E-state index is -3.45. The molecule has 0 aromatic carbocycles. The van der Waals surface area contributed by atoms with Gasteiger partial charge in [-0.1, -0.05) is 26.2 Å². The Bertz CT molecular complexity index is 359. The summed E-state index contributed by atoms with van der Waals surface area (Å²) in [7, 11) is -3.45. The highest BCUT2D eigenvalue weighted by molar-refractivity contribution is 7.90. The zero-order valence-corrected chi connectivity index (χ0v) is 10.8. The van der Waals surface area contributed by atoms with Gasteiger partial charge in [-0.15, -0.1) is 0 Å². The predicted molar refractivity (Wildman–Crippen MR) is 63.2 cm³/mol. The summed E-state index contributed by atoms with van der Waals surface area (Å²) >= 11 is 0. The normalized spacial score (nSPS) is 28.3. The van der Waals surface area contributed by atoms with Crippen LogP contribution in [0.3, 0.4) is 0 Å². The average Bonchev–Trinajstić information content (AvgIpc) is 2.27. The van der Waals surface area contributed by atoms with Crippen molar-refractivity contribution in [2.75, 3.05) is 0 Å². The molecule has 0 saturated heterocycles. The fraction of sp³-hybridized carbons (Fsp3) is 0.909. The number of nitriles is 1. The number of nitrogens with zero attached hydrogens (tertiary/aromatic N) is 1. The topological polar surface area (TPSA) is 70.0 Å². The van der Waals surface area contributed by atoms with Gasteiger partial charge in [-0.2, -0.15) is 5.26 Å². The van der Waals surface area contributed by atoms with Gasteiger partial charge in [0.25, 0.3) is 0 Å². The third-order valence-corrected chi connectivity index (χ3v) is 5.04. The van der Waals surface area contributed by atoms with Crippen LogP contribution in [0, 0.1) is 17.2 Å². The SMILES string of the molecule is CCC1CCCC(NS(=O)(=O)C(C)C#N)C1. The fourth-order valence-electron chi connectivity index (χ4n) is 2.17. The summed E-state index contributed by atoms with van der Waals surface area (Å²) in [6, 6.07) is 1.80. The van der Waals surface area contributed by atoms with Crippen molar-refractivity contribution in [2.24, 2.45) is 5.92 Å². The number of hydrogen-bond acceptors (Lipinski definition) is 3. The Kier molecular flexibility index (Phi) is 4.75. The van der Waals surface area contributed by atoms with Crippen LogP contribution in [0.15, 0.2) is 0 Å². The molecule has 0 aromatic rings. The van der Waals surface area contributed by atoms with Crippen molar-refractivity contribution in [3.05, 3.63) is 0 Å². The number of sulfonamides is 1. The predicted octanol–water partition coefficient (Wildman–Crippen LogP) is 1.79. The molecule has 16 heavy (non-hydrogen) atoms. The lowest BCUT2D eigenvalue weighted by Gasteiger charge is -2.29. The molecule has 92 valence electrons. The molecule has 0 radical (unpaired) electrons. The van der Waals surface area contributed by atoms with Crippen LogP contribution >= 0.6 is 0 Å². The highest BCUT2D eigenvalue weighted by Gasteiger charge is 2.27. The molecule has 1 saturated carbocycles. The molecule has 1 aliphatic rings. The summed E-state index contributed by atoms with van der Waals surface area (Å²) < 4.78 is 26.0. The van der Waals surface area contributed by atoms with E-state index in [2.05, 4.69) is 11.6 Å². The highest BCUT2D eigenvalue weighted by Crippen LogP contribution is 2.27. The standard InChI is InChI=1S/C11H20N2O2S/c1-3-10-5-4-6-11(7-10)13-16(14,15)9(2)8-12/h9-11,13H,3-7H2,1-2H3. The molecule has 0 bridgehead atoms. The van der Waals surface area contributed by atoms with E-state index >= 15 is 0 Å². The van der Waals surface area contributed by atoms with Gasteiger partial charge in [0.15, 0.2) is 5.25 Å². The third kappa shape index (κ3) is 3.46. The molecule has 4 nitrogen and oxygen atoms in total. The Morgan fingerprint density at radius 1 is 1.50 bits per heavy atom. The molecule has 0 spiro atoms. The zero-order chi connectivity index (χ0) is 12.2. The molecule has 1 rings (SSSR count). The Morgan fingerprint density at radius 2 is 2.19 bits per heavy atom. The molecule has 3 atom stereocenters. The van der Waals surface area contributed by atoms with Gasteiger partial charge >= 0.3 is 0 Å². The van der Waals surface area contributed by atoms with E-state index in [1.165, 1.54) is 13.3 Å². The summed E-state index contributed by atoms with van der Waals surface area (Å²) in [5.74, 6) is 0.624. The molecule has 1 fully saturated rings. The molecule has 1 aliphatic carbocycles. The van der Waals surface area contributed by atoms with Crippen LogP contribution in [0.5, 0.6) is 0 Å². The highest BCUT2D eigenvalue weighted by atomic mass is 32.2. The van der Waals surface area contributed by atoms with Crippen LogP contribution in [0.1, 0.15) is 46.0 Å². The van der Waals surface area contributed by atoms with Gasteiger partial charge < -0.3 is 0 Å². The minimum absolute atomic E-state index is 0.0273. The fourth-order valence-corrected chi connectivity index (χ4v) is 3.19. The van der Waals surface area contributed by atoms with Gasteiger partial charge in [-0.3, -0.25) is 0 Å². The minimum Gasteiger partial charge on any atom is -0.211 e. The second-order valence-electron chi connectivity index (χ2n) is 4.57. The second-order valence-corrected chi connectivity index (χ2v) is 6.60. The van der Waals surface area contributed by atoms with Gasteiger partial charge in [0.05, 0.1) is 6.07 Å². The van der Waals surface area contributed by atoms with Crippen LogP contribution in [0.2, 0.25) is 0 Å². The Hall–Kier alpha value is -0.600. The van der Waals surface area contributed by atoms with E-state index in [0.717, 1.165) is 25.7 Å². The average molecular weight is 244 g/mol. The van der Waals surface area contributed by atoms with Gasteiger partial charge in [0, 0.05) is 6.04 Å². The van der Waals surface area contributed by atoms with Crippen LogP contribution in [0.25, 0.3) is 0 Å². The molecule has 5 heteroatoms. The molecule has 1 N–H and O–H groups in total. The van der Waals surface area contributed by atoms with E-state index in [1.54, 1.807) is 6.07 Å². The van der Waals surface area contributed by atoms with Crippen molar-refractivity contribution in [2.45, 2.75) is 57.2 Å². The van der Waals surface area contributed by atoms with Crippen molar-refractivity contribution in [1.82, 2.24) is 4.72 Å². The maximum Gasteiger partial charge on any atom is 0.227 e. The maximum absolute atomic E-state index is 11.7. The van der Waals surface area contributed by atoms with E-state index in [0.29, 0.717) is 5.92 Å². The number of hydrogen-bond donors (Lipinski definition) is 1. The molecular weight excluding hydrogens is 224 g/mol. The summed E-state index contributed by atoms with van der Waals surface area (Å²) in [5, 5.41) is 7.67. The van der Waals surface area contributed by atoms with Crippen LogP contribution < -0.4 is 4.72 Å². The largest absolute Gasteiger partial charge is 0.227 e. The van der Waals surface area contributed by atoms with Gasteiger partial charge in [-0.25, -0.2) is 13.1 Å². The monoisotopic (exact) mass is 244 g/mol. The molecule has 0 aromatic heterocycles. The lowest BCUT2D eigenvalue weighted by Crippen LogP contribution is -2.41. The number of nitrogens with one attached hydrogen (secondary N) is 1. The molecule has 0 aliphatic heterocycles. The molecule has 0 heterocycles. The van der Waals surface area contributed by atoms with Crippen LogP contribution in [0.4, 0.5) is 0 Å². The van der Waals surface area contributed by atoms with E-state index in [4.69, 9.17) is 5.26 Å². The quantitative estimate of drug-likeness (QED) is 0.819. The first kappa shape index (κ1) is 13.5. The first-order valence-electron chi connectivity index (χ1n) is 5.90. The van der Waals surface area contributed by atoms with E-state index in [9.17, 15) is 8.42 Å². The van der Waals surface area contributed by atoms with Gasteiger partial charge in [0.1, 0.15) is 0 Å². The summed E-state index contributed by atoms with van der Waals surface area (Å²) in [5.41, 5.74) is 0. The van der Waals surface area contributed by atoms with E-state index < -0.39 is 15.3 Å². The third-order valence-electron chi connectivity index (χ3n) is 3.34. The molecule has 0 amide bonds. The van der Waals surface area contributed by atoms with Crippen LogP contribution in [-0.4, -0.2) is 19.7 Å². The Morgan fingerprint density at radius 3 is 2.75 bits per heavy atom. The van der Waals surface area contributed by atoms with Crippen molar-refractivity contribution in [3.63, 3.8) is 0 Å². The smallest absolute Gasteiger partial charge is 0.211 e. The first-order valence-corrected chi connectivity index (χ1v) is 7.45. The lowest BCUT2D eigenvalue weighted by atomic mass is 9.85. The van der Waals surface area contributed by atoms with Gasteiger partial charge in [0.2, 0.25) is 10.0 Å². The summed E-state index contributed by atoms with van der Waals surface area (Å²) in [6.45, 7) is 3.56. The Labute approximate surface area is 98.1 Å². The number of rotatable bonds is 4. The van der Waals surface area contributed by atoms with E-state index in [-0.39, 0.29) is 6.04 Å². The van der Waals surface area contributed by atoms with Crippen molar-refractivity contribution in [3.8, 4) is 6.07 Å². The summed E-state index contributed by atoms with van der Waals surface area (Å²) in [4.78, 5) is 0. The second kappa shape index (κ2) is 5.65. The maximum atomic E-state index is 11.7. The van der Waals surface area contributed by atoms with Crippen molar-refractivity contribution >= 4 is 10.0 Å². The van der Waals surface area contributed by atoms with Crippen molar-refractivity contribution in [1.29, 1.82) is 5.26 Å². The molecular formula is C11H20N2O2S. The zero-order valence-electron chi connectivity index (χ0n) is 9.94. The van der Waals surface area contributed by atoms with Crippen LogP contribution in [-0.2, 0) is 10.0 Å². The summed E-state index contributed by atoms with van der Waals surface area (Å²) in [6.07, 6.45) is 5.18.